The number of allylic oxidation sites excluding steroid dienone is 4. The van der Waals surface area contributed by atoms with Gasteiger partial charge in [-0.05, 0) is 64.1 Å². The number of hydrogen-bond donors (Lipinski definition) is 1. The number of aromatic nitrogens is 1. The predicted molar refractivity (Wildman–Crippen MR) is 129 cm³/mol. The van der Waals surface area contributed by atoms with Crippen molar-refractivity contribution in [1.82, 2.24) is 4.98 Å². The first kappa shape index (κ1) is 19.9. The molecule has 0 bridgehead atoms. The Hall–Kier alpha value is -3.99. The van der Waals surface area contributed by atoms with E-state index in [4.69, 9.17) is 4.42 Å². The third-order valence-corrected chi connectivity index (χ3v) is 6.17. The van der Waals surface area contributed by atoms with Crippen LogP contribution < -0.4 is 9.80 Å². The van der Waals surface area contributed by atoms with Crippen molar-refractivity contribution >= 4 is 22.5 Å². The Morgan fingerprint density at radius 2 is 1.28 bits per heavy atom. The molecule has 160 valence electrons. The zero-order valence-corrected chi connectivity index (χ0v) is 18.6. The van der Waals surface area contributed by atoms with Gasteiger partial charge in [0.1, 0.15) is 11.3 Å². The van der Waals surface area contributed by atoms with E-state index in [0.717, 1.165) is 39.7 Å². The van der Waals surface area contributed by atoms with Gasteiger partial charge in [-0.1, -0.05) is 30.3 Å². The summed E-state index contributed by atoms with van der Waals surface area (Å²) in [6.45, 7) is 8.45. The Morgan fingerprint density at radius 1 is 0.688 bits per heavy atom. The lowest BCUT2D eigenvalue weighted by atomic mass is 10.1. The van der Waals surface area contributed by atoms with Gasteiger partial charge in [0.15, 0.2) is 5.58 Å². The molecule has 2 heterocycles. The van der Waals surface area contributed by atoms with Crippen molar-refractivity contribution in [3.8, 4) is 17.2 Å². The molecule has 5 nitrogen and oxygen atoms in total. The molecule has 0 atom stereocenters. The second-order valence-corrected chi connectivity index (χ2v) is 8.04. The van der Waals surface area contributed by atoms with Gasteiger partial charge < -0.3 is 19.3 Å². The minimum Gasteiger partial charge on any atom is -0.507 e. The predicted octanol–water partition coefficient (Wildman–Crippen LogP) is 7.03. The first-order chi connectivity index (χ1) is 15.5. The Kier molecular flexibility index (Phi) is 4.74. The molecular formula is C27H25N3O2. The molecule has 5 heteroatoms. The van der Waals surface area contributed by atoms with Gasteiger partial charge in [0.25, 0.3) is 0 Å². The first-order valence-electron chi connectivity index (χ1n) is 10.6. The molecule has 0 saturated carbocycles. The van der Waals surface area contributed by atoms with Crippen molar-refractivity contribution in [2.24, 2.45) is 0 Å². The summed E-state index contributed by atoms with van der Waals surface area (Å²) in [5.41, 5.74) is 8.56. The fourth-order valence-electron chi connectivity index (χ4n) is 4.33. The van der Waals surface area contributed by atoms with Crippen LogP contribution in [0, 0.1) is 0 Å². The fraction of sp³-hybridized carbons (Fsp3) is 0.148. The van der Waals surface area contributed by atoms with E-state index in [1.807, 2.05) is 42.5 Å². The van der Waals surface area contributed by atoms with Gasteiger partial charge in [-0.25, -0.2) is 4.98 Å². The quantitative estimate of drug-likeness (QED) is 0.383. The van der Waals surface area contributed by atoms with E-state index < -0.39 is 0 Å². The minimum absolute atomic E-state index is 0.135. The molecule has 1 N–H and O–H groups in total. The van der Waals surface area contributed by atoms with Gasteiger partial charge in [0.2, 0.25) is 5.89 Å². The number of phenolic OH excluding ortho intramolecular Hbond substituents is 1. The van der Waals surface area contributed by atoms with E-state index in [-0.39, 0.29) is 5.75 Å². The van der Waals surface area contributed by atoms with Crippen molar-refractivity contribution in [1.29, 1.82) is 0 Å². The summed E-state index contributed by atoms with van der Waals surface area (Å²) in [7, 11) is 0. The third kappa shape index (κ3) is 3.14. The number of nitrogens with zero attached hydrogens (tertiary/aromatic N) is 3. The van der Waals surface area contributed by atoms with E-state index in [1.165, 1.54) is 0 Å². The van der Waals surface area contributed by atoms with Gasteiger partial charge in [0.05, 0.1) is 5.56 Å². The monoisotopic (exact) mass is 423 g/mol. The Bertz CT molecular complexity index is 1320. The summed E-state index contributed by atoms with van der Waals surface area (Å²) >= 11 is 0. The average Bonchev–Trinajstić information content (AvgIpc) is 3.23. The zero-order valence-electron chi connectivity index (χ0n) is 18.6. The SMILES string of the molecule is CC1=C(C)N(c2ccc(-c3nc4ccccc4o3)c(O)c2)C(C)=C(C)N1c1ccccc1. The second kappa shape index (κ2) is 7.61. The number of aromatic hydroxyl groups is 1. The summed E-state index contributed by atoms with van der Waals surface area (Å²) in [6.07, 6.45) is 0. The summed E-state index contributed by atoms with van der Waals surface area (Å²) in [6, 6.07) is 23.6. The van der Waals surface area contributed by atoms with E-state index in [1.54, 1.807) is 6.07 Å². The van der Waals surface area contributed by atoms with Crippen LogP contribution in [0.3, 0.4) is 0 Å². The van der Waals surface area contributed by atoms with Crippen LogP contribution in [0.4, 0.5) is 11.4 Å². The maximum absolute atomic E-state index is 10.9. The molecule has 1 aliphatic rings. The van der Waals surface area contributed by atoms with Crippen LogP contribution in [-0.4, -0.2) is 10.1 Å². The highest BCUT2D eigenvalue weighted by Gasteiger charge is 2.27. The van der Waals surface area contributed by atoms with Crippen LogP contribution >= 0.6 is 0 Å². The van der Waals surface area contributed by atoms with Crippen molar-refractivity contribution in [2.45, 2.75) is 27.7 Å². The maximum Gasteiger partial charge on any atom is 0.231 e. The number of anilines is 2. The van der Waals surface area contributed by atoms with Gasteiger partial charge >= 0.3 is 0 Å². The summed E-state index contributed by atoms with van der Waals surface area (Å²) in [5.74, 6) is 0.548. The van der Waals surface area contributed by atoms with E-state index in [9.17, 15) is 5.11 Å². The van der Waals surface area contributed by atoms with Crippen LogP contribution in [0.15, 0.2) is 100 Å². The number of fused-ring (bicyclic) bond motifs is 1. The smallest absolute Gasteiger partial charge is 0.231 e. The molecule has 0 spiro atoms. The molecule has 1 aliphatic heterocycles. The number of benzene rings is 3. The molecule has 0 unspecified atom stereocenters. The summed E-state index contributed by atoms with van der Waals surface area (Å²) < 4.78 is 5.85. The topological polar surface area (TPSA) is 52.7 Å². The standard InChI is InChI=1S/C27H25N3O2/c1-17-19(3)30(20(4)18(2)29(17)21-10-6-5-7-11-21)22-14-15-23(25(31)16-22)27-28-24-12-8-9-13-26(24)32-27/h5-16,31H,1-4H3. The number of oxazole rings is 1. The average molecular weight is 424 g/mol. The highest BCUT2D eigenvalue weighted by molar-refractivity contribution is 5.79. The molecule has 0 fully saturated rings. The van der Waals surface area contributed by atoms with E-state index in [2.05, 4.69) is 66.7 Å². The highest BCUT2D eigenvalue weighted by atomic mass is 16.3. The number of hydrogen-bond acceptors (Lipinski definition) is 5. The van der Waals surface area contributed by atoms with E-state index in [0.29, 0.717) is 17.0 Å². The molecule has 32 heavy (non-hydrogen) atoms. The molecule has 1 aromatic heterocycles. The summed E-state index contributed by atoms with van der Waals surface area (Å²) in [5, 5.41) is 10.9. The normalized spacial score (nSPS) is 14.6. The molecule has 4 aromatic rings. The molecule has 0 aliphatic carbocycles. The Labute approximate surface area is 187 Å². The molecule has 0 radical (unpaired) electrons. The van der Waals surface area contributed by atoms with Crippen molar-refractivity contribution in [3.05, 3.63) is 95.6 Å². The molecule has 0 amide bonds. The highest BCUT2D eigenvalue weighted by Crippen LogP contribution is 2.40. The van der Waals surface area contributed by atoms with Crippen molar-refractivity contribution in [3.63, 3.8) is 0 Å². The van der Waals surface area contributed by atoms with Crippen molar-refractivity contribution < 1.29 is 9.52 Å². The molecular weight excluding hydrogens is 398 g/mol. The van der Waals surface area contributed by atoms with Crippen LogP contribution in [0.1, 0.15) is 27.7 Å². The van der Waals surface area contributed by atoms with Gasteiger partial charge in [-0.3, -0.25) is 0 Å². The fourth-order valence-corrected chi connectivity index (χ4v) is 4.33. The largest absolute Gasteiger partial charge is 0.507 e. The van der Waals surface area contributed by atoms with E-state index >= 15 is 0 Å². The lowest BCUT2D eigenvalue weighted by Crippen LogP contribution is -2.34. The van der Waals surface area contributed by atoms with Gasteiger partial charge in [-0.15, -0.1) is 0 Å². The lowest BCUT2D eigenvalue weighted by Gasteiger charge is -2.40. The third-order valence-electron chi connectivity index (χ3n) is 6.17. The second-order valence-electron chi connectivity index (χ2n) is 8.04. The number of para-hydroxylation sites is 3. The minimum atomic E-state index is 0.135. The molecule has 3 aromatic carbocycles. The molecule has 0 saturated heterocycles. The number of phenols is 1. The van der Waals surface area contributed by atoms with Gasteiger partial charge in [0, 0.05) is 40.2 Å². The first-order valence-corrected chi connectivity index (χ1v) is 10.6. The molecule has 5 rings (SSSR count). The lowest BCUT2D eigenvalue weighted by molar-refractivity contribution is 0.474. The zero-order chi connectivity index (χ0) is 22.4. The van der Waals surface area contributed by atoms with Crippen LogP contribution in [0.2, 0.25) is 0 Å². The number of rotatable bonds is 3. The Balaban J connectivity index is 1.55. The summed E-state index contributed by atoms with van der Waals surface area (Å²) in [4.78, 5) is 8.97. The Morgan fingerprint density at radius 3 is 1.91 bits per heavy atom. The van der Waals surface area contributed by atoms with Crippen molar-refractivity contribution in [2.75, 3.05) is 9.80 Å². The van der Waals surface area contributed by atoms with Gasteiger partial charge in [-0.2, -0.15) is 0 Å². The van der Waals surface area contributed by atoms with Crippen LogP contribution in [0.5, 0.6) is 5.75 Å². The van der Waals surface area contributed by atoms with Crippen LogP contribution in [-0.2, 0) is 0 Å². The maximum atomic E-state index is 10.9. The van der Waals surface area contributed by atoms with Crippen LogP contribution in [0.25, 0.3) is 22.6 Å².